The van der Waals surface area contributed by atoms with Gasteiger partial charge in [0, 0.05) is 12.1 Å². The second-order valence-corrected chi connectivity index (χ2v) is 6.44. The van der Waals surface area contributed by atoms with Crippen LogP contribution < -0.4 is 15.2 Å². The van der Waals surface area contributed by atoms with Crippen LogP contribution in [0.1, 0.15) is 0 Å². The maximum atomic E-state index is 12.3. The molecule has 23 heavy (non-hydrogen) atoms. The average Bonchev–Trinajstić information content (AvgIpc) is 2.53. The Labute approximate surface area is 132 Å². The average molecular weight is 338 g/mol. The van der Waals surface area contributed by atoms with Crippen molar-refractivity contribution in [2.24, 2.45) is 0 Å². The monoisotopic (exact) mass is 338 g/mol. The molecule has 0 radical (unpaired) electrons. The van der Waals surface area contributed by atoms with Crippen LogP contribution >= 0.6 is 0 Å². The highest BCUT2D eigenvalue weighted by Crippen LogP contribution is 2.26. The summed E-state index contributed by atoms with van der Waals surface area (Å²) in [6, 6.07) is 9.56. The van der Waals surface area contributed by atoms with E-state index in [1.54, 1.807) is 24.3 Å². The van der Waals surface area contributed by atoms with E-state index in [1.807, 2.05) is 0 Å². The Bertz CT molecular complexity index is 818. The van der Waals surface area contributed by atoms with Crippen LogP contribution in [0.5, 0.6) is 11.5 Å². The molecule has 0 bridgehead atoms. The molecule has 8 nitrogen and oxygen atoms in total. The first-order chi connectivity index (χ1) is 10.8. The van der Waals surface area contributed by atoms with Crippen LogP contribution in [0.2, 0.25) is 0 Å². The Morgan fingerprint density at radius 1 is 1.13 bits per heavy atom. The van der Waals surface area contributed by atoms with Crippen LogP contribution in [0, 0.1) is 10.1 Å². The van der Waals surface area contributed by atoms with Crippen molar-refractivity contribution in [2.75, 3.05) is 18.8 Å². The number of ether oxygens (including phenoxy) is 2. The molecule has 0 aliphatic carbocycles. The molecule has 2 rings (SSSR count). The number of nitro groups is 1. The molecule has 2 aromatic rings. The number of hydrogen-bond donors (Lipinski definition) is 1. The summed E-state index contributed by atoms with van der Waals surface area (Å²) in [5, 5.41) is 10.8. The minimum atomic E-state index is -3.94. The first-order valence-corrected chi connectivity index (χ1v) is 8.02. The molecule has 0 fully saturated rings. The van der Waals surface area contributed by atoms with Gasteiger partial charge in [0.15, 0.2) is 5.94 Å². The van der Waals surface area contributed by atoms with Gasteiger partial charge < -0.3 is 15.2 Å². The van der Waals surface area contributed by atoms with Crippen LogP contribution in [0.4, 0.5) is 11.4 Å². The van der Waals surface area contributed by atoms with Gasteiger partial charge in [-0.05, 0) is 30.3 Å². The number of hydrogen-bond acceptors (Lipinski definition) is 7. The lowest BCUT2D eigenvalue weighted by Gasteiger charge is -2.10. The number of anilines is 1. The molecule has 2 N–H and O–H groups in total. The number of nitro benzene ring substituents is 1. The smallest absolute Gasteiger partial charge is 0.270 e. The molecule has 0 saturated heterocycles. The summed E-state index contributed by atoms with van der Waals surface area (Å²) in [6.07, 6.45) is 0. The minimum absolute atomic E-state index is 0.0751. The van der Waals surface area contributed by atoms with Crippen molar-refractivity contribution < 1.29 is 22.8 Å². The predicted octanol–water partition coefficient (Wildman–Crippen LogP) is 2.00. The number of nitrogen functional groups attached to an aromatic ring is 1. The van der Waals surface area contributed by atoms with E-state index in [9.17, 15) is 18.5 Å². The molecule has 122 valence electrons. The van der Waals surface area contributed by atoms with E-state index in [-0.39, 0.29) is 16.3 Å². The first kappa shape index (κ1) is 16.6. The summed E-state index contributed by atoms with van der Waals surface area (Å²) in [4.78, 5) is 9.73. The number of rotatable bonds is 6. The molecule has 0 saturated carbocycles. The second kappa shape index (κ2) is 6.53. The fourth-order valence-electron chi connectivity index (χ4n) is 1.79. The Hall–Kier alpha value is -2.81. The maximum absolute atomic E-state index is 12.3. The van der Waals surface area contributed by atoms with Gasteiger partial charge in [-0.1, -0.05) is 0 Å². The third-order valence-corrected chi connectivity index (χ3v) is 4.44. The van der Waals surface area contributed by atoms with Crippen LogP contribution in [0.15, 0.2) is 47.4 Å². The summed E-state index contributed by atoms with van der Waals surface area (Å²) in [7, 11) is -2.44. The number of nitrogens with two attached hydrogens (primary N) is 1. The lowest BCUT2D eigenvalue weighted by atomic mass is 10.3. The molecular weight excluding hydrogens is 324 g/mol. The van der Waals surface area contributed by atoms with Crippen molar-refractivity contribution in [3.63, 3.8) is 0 Å². The molecule has 0 aliphatic rings. The van der Waals surface area contributed by atoms with Crippen molar-refractivity contribution in [3.05, 3.63) is 52.6 Å². The molecule has 0 unspecified atom stereocenters. The highest BCUT2D eigenvalue weighted by atomic mass is 32.2. The van der Waals surface area contributed by atoms with Gasteiger partial charge >= 0.3 is 0 Å². The van der Waals surface area contributed by atoms with Crippen molar-refractivity contribution in [1.29, 1.82) is 0 Å². The molecule has 0 heterocycles. The predicted molar refractivity (Wildman–Crippen MR) is 83.2 cm³/mol. The third kappa shape index (κ3) is 3.89. The molecular formula is C14H14N2O6S. The van der Waals surface area contributed by atoms with Gasteiger partial charge in [-0.2, -0.15) is 0 Å². The number of methoxy groups -OCH3 is 1. The summed E-state index contributed by atoms with van der Waals surface area (Å²) in [6.45, 7) is 0. The molecule has 9 heteroatoms. The van der Waals surface area contributed by atoms with E-state index in [0.717, 1.165) is 12.1 Å². The number of nitrogens with zero attached hydrogens (tertiary/aromatic N) is 1. The van der Waals surface area contributed by atoms with Gasteiger partial charge in [0.2, 0.25) is 9.84 Å². The maximum Gasteiger partial charge on any atom is 0.270 e. The third-order valence-electron chi connectivity index (χ3n) is 2.98. The summed E-state index contributed by atoms with van der Waals surface area (Å²) < 4.78 is 34.7. The zero-order valence-electron chi connectivity index (χ0n) is 12.1. The fourth-order valence-corrected chi connectivity index (χ4v) is 2.93. The van der Waals surface area contributed by atoms with Gasteiger partial charge in [-0.15, -0.1) is 0 Å². The number of benzene rings is 2. The van der Waals surface area contributed by atoms with E-state index in [4.69, 9.17) is 15.2 Å². The molecule has 0 aromatic heterocycles. The quantitative estimate of drug-likeness (QED) is 0.485. The second-order valence-electron chi connectivity index (χ2n) is 4.53. The van der Waals surface area contributed by atoms with E-state index < -0.39 is 20.7 Å². The van der Waals surface area contributed by atoms with E-state index in [2.05, 4.69) is 0 Å². The zero-order valence-corrected chi connectivity index (χ0v) is 12.9. The summed E-state index contributed by atoms with van der Waals surface area (Å²) in [5.41, 5.74) is 5.17. The van der Waals surface area contributed by atoms with Gasteiger partial charge in [0.25, 0.3) is 5.69 Å². The van der Waals surface area contributed by atoms with Crippen LogP contribution in [0.25, 0.3) is 0 Å². The Morgan fingerprint density at radius 3 is 2.30 bits per heavy atom. The normalized spacial score (nSPS) is 11.0. The number of non-ortho nitro benzene ring substituents is 1. The van der Waals surface area contributed by atoms with Crippen molar-refractivity contribution in [2.45, 2.75) is 4.90 Å². The largest absolute Gasteiger partial charge is 0.497 e. The first-order valence-electron chi connectivity index (χ1n) is 6.37. The van der Waals surface area contributed by atoms with Gasteiger partial charge in [-0.25, -0.2) is 8.42 Å². The van der Waals surface area contributed by atoms with E-state index in [0.29, 0.717) is 11.5 Å². The van der Waals surface area contributed by atoms with Crippen LogP contribution in [-0.4, -0.2) is 26.4 Å². The summed E-state index contributed by atoms with van der Waals surface area (Å²) >= 11 is 0. The lowest BCUT2D eigenvalue weighted by Crippen LogP contribution is -2.14. The van der Waals surface area contributed by atoms with E-state index in [1.165, 1.54) is 13.2 Å². The minimum Gasteiger partial charge on any atom is -0.497 e. The Balaban J connectivity index is 2.21. The van der Waals surface area contributed by atoms with Gasteiger partial charge in [0.1, 0.15) is 16.4 Å². The molecule has 0 aliphatic heterocycles. The molecule has 2 aromatic carbocycles. The molecule has 0 atom stereocenters. The number of sulfone groups is 1. The Morgan fingerprint density at radius 2 is 1.74 bits per heavy atom. The molecule has 0 amide bonds. The molecule has 0 spiro atoms. The highest BCUT2D eigenvalue weighted by molar-refractivity contribution is 7.91. The van der Waals surface area contributed by atoms with Crippen LogP contribution in [0.3, 0.4) is 0 Å². The van der Waals surface area contributed by atoms with Crippen molar-refractivity contribution in [3.8, 4) is 11.5 Å². The van der Waals surface area contributed by atoms with E-state index >= 15 is 0 Å². The fraction of sp³-hybridized carbons (Fsp3) is 0.143. The van der Waals surface area contributed by atoms with Gasteiger partial charge in [-0.3, -0.25) is 10.1 Å². The summed E-state index contributed by atoms with van der Waals surface area (Å²) in [5.74, 6) is 0.228. The Kier molecular flexibility index (Phi) is 4.70. The topological polar surface area (TPSA) is 122 Å². The van der Waals surface area contributed by atoms with Crippen molar-refractivity contribution >= 4 is 21.2 Å². The van der Waals surface area contributed by atoms with Crippen LogP contribution in [-0.2, 0) is 9.84 Å². The van der Waals surface area contributed by atoms with Crippen molar-refractivity contribution in [1.82, 2.24) is 0 Å². The van der Waals surface area contributed by atoms with Gasteiger partial charge in [0.05, 0.1) is 17.7 Å². The standard InChI is InChI=1S/C14H14N2O6S/c1-21-11-3-5-12(6-4-11)22-9-23(19,20)14-8-10(16(17)18)2-7-13(14)15/h2-8H,9,15H2,1H3. The lowest BCUT2D eigenvalue weighted by molar-refractivity contribution is -0.385. The SMILES string of the molecule is COc1ccc(OCS(=O)(=O)c2cc([N+](=O)[O-])ccc2N)cc1. The highest BCUT2D eigenvalue weighted by Gasteiger charge is 2.22. The zero-order chi connectivity index (χ0) is 17.0.